The van der Waals surface area contributed by atoms with E-state index in [9.17, 15) is 23.5 Å². The molecule has 0 saturated carbocycles. The first-order valence-corrected chi connectivity index (χ1v) is 13.8. The molecular formula is C30H34F2N8O5. The zero-order valence-corrected chi connectivity index (χ0v) is 25.3. The topological polar surface area (TPSA) is 164 Å². The quantitative estimate of drug-likeness (QED) is 0.155. The lowest BCUT2D eigenvalue weighted by atomic mass is 10.1. The minimum absolute atomic E-state index is 0.0231. The van der Waals surface area contributed by atoms with Crippen molar-refractivity contribution in [3.05, 3.63) is 89.3 Å². The van der Waals surface area contributed by atoms with Crippen molar-refractivity contribution in [1.29, 1.82) is 0 Å². The summed E-state index contributed by atoms with van der Waals surface area (Å²) in [6.07, 6.45) is 7.10. The van der Waals surface area contributed by atoms with Gasteiger partial charge in [0.15, 0.2) is 5.82 Å². The molecule has 13 nitrogen and oxygen atoms in total. The maximum Gasteiger partial charge on any atom is 0.338 e. The van der Waals surface area contributed by atoms with Crippen molar-refractivity contribution in [2.45, 2.75) is 40.1 Å². The largest absolute Gasteiger partial charge is 0.465 e. The maximum atomic E-state index is 14.3. The van der Waals surface area contributed by atoms with Crippen LogP contribution < -0.4 is 11.1 Å². The van der Waals surface area contributed by atoms with E-state index in [0.29, 0.717) is 43.2 Å². The zero-order valence-electron chi connectivity index (χ0n) is 25.3. The molecule has 4 N–H and O–H groups in total. The summed E-state index contributed by atoms with van der Waals surface area (Å²) in [7, 11) is 2.48. The molecule has 0 amide bonds. The molecule has 5 rings (SSSR count). The van der Waals surface area contributed by atoms with E-state index in [-0.39, 0.29) is 28.9 Å². The van der Waals surface area contributed by atoms with Crippen LogP contribution in [0.1, 0.15) is 38.2 Å². The highest BCUT2D eigenvalue weighted by atomic mass is 19.1. The van der Waals surface area contributed by atoms with Gasteiger partial charge < -0.3 is 39.3 Å². The number of hydrogen-bond donors (Lipinski definition) is 3. The van der Waals surface area contributed by atoms with Crippen molar-refractivity contribution in [3.63, 3.8) is 0 Å². The average molecular weight is 625 g/mol. The number of carbonyl (C=O) groups is 2. The fraction of sp³-hybridized carbons (Fsp3) is 0.300. The Labute approximate surface area is 257 Å². The fourth-order valence-corrected chi connectivity index (χ4v) is 4.63. The molecule has 0 spiro atoms. The number of methoxy groups -OCH3 is 2. The summed E-state index contributed by atoms with van der Waals surface area (Å²) < 4.78 is 42.8. The zero-order chi connectivity index (χ0) is 32.7. The lowest BCUT2D eigenvalue weighted by molar-refractivity contribution is 0.0591. The second kappa shape index (κ2) is 14.4. The van der Waals surface area contributed by atoms with Gasteiger partial charge in [0.2, 0.25) is 0 Å². The Bertz CT molecular complexity index is 1810. The Morgan fingerprint density at radius 2 is 1.47 bits per heavy atom. The number of nitrogens with zero attached hydrogens (tertiary/aromatic N) is 6. The lowest BCUT2D eigenvalue weighted by Crippen LogP contribution is -2.13. The van der Waals surface area contributed by atoms with Crippen molar-refractivity contribution >= 4 is 34.3 Å². The summed E-state index contributed by atoms with van der Waals surface area (Å²) in [5, 5.41) is 12.5. The summed E-state index contributed by atoms with van der Waals surface area (Å²) in [6, 6.07) is 5.15. The van der Waals surface area contributed by atoms with Gasteiger partial charge in [-0.2, -0.15) is 0 Å². The van der Waals surface area contributed by atoms with Crippen LogP contribution in [0.2, 0.25) is 0 Å². The van der Waals surface area contributed by atoms with Crippen LogP contribution in [0.25, 0.3) is 11.0 Å². The number of imidazole rings is 3. The number of aromatic nitrogens is 6. The molecule has 3 heterocycles. The number of aliphatic hydroxyl groups is 1. The van der Waals surface area contributed by atoms with Crippen molar-refractivity contribution in [2.24, 2.45) is 0 Å². The van der Waals surface area contributed by atoms with Gasteiger partial charge in [-0.05, 0) is 38.1 Å². The summed E-state index contributed by atoms with van der Waals surface area (Å²) >= 11 is 0. The van der Waals surface area contributed by atoms with Crippen molar-refractivity contribution in [1.82, 2.24) is 28.7 Å². The van der Waals surface area contributed by atoms with E-state index < -0.39 is 23.6 Å². The number of hydrogen-bond acceptors (Lipinski definition) is 10. The molecule has 0 bridgehead atoms. The maximum absolute atomic E-state index is 14.3. The second-order valence-corrected chi connectivity index (χ2v) is 9.83. The van der Waals surface area contributed by atoms with E-state index in [1.54, 1.807) is 17.0 Å². The van der Waals surface area contributed by atoms with Crippen LogP contribution in [0.5, 0.6) is 0 Å². The summed E-state index contributed by atoms with van der Waals surface area (Å²) in [4.78, 5) is 35.6. The summed E-state index contributed by atoms with van der Waals surface area (Å²) in [5.41, 5.74) is 6.80. The number of rotatable bonds is 10. The Hall–Kier alpha value is -5.31. The average Bonchev–Trinajstić information content (AvgIpc) is 3.75. The van der Waals surface area contributed by atoms with Crippen LogP contribution in [0.15, 0.2) is 49.1 Å². The first-order chi connectivity index (χ1) is 21.6. The highest BCUT2D eigenvalue weighted by Gasteiger charge is 2.18. The minimum atomic E-state index is -0.654. The molecule has 238 valence electrons. The van der Waals surface area contributed by atoms with Crippen molar-refractivity contribution in [2.75, 3.05) is 31.8 Å². The Morgan fingerprint density at radius 3 is 2.02 bits per heavy atom. The third-order valence-electron chi connectivity index (χ3n) is 7.08. The molecule has 45 heavy (non-hydrogen) atoms. The van der Waals surface area contributed by atoms with Gasteiger partial charge in [-0.3, -0.25) is 0 Å². The fourth-order valence-electron chi connectivity index (χ4n) is 4.63. The van der Waals surface area contributed by atoms with Crippen LogP contribution in [-0.2, 0) is 35.7 Å². The number of nitrogens with two attached hydrogens (primary N) is 1. The number of anilines is 2. The van der Waals surface area contributed by atoms with Gasteiger partial charge in [0.1, 0.15) is 35.4 Å². The van der Waals surface area contributed by atoms with Gasteiger partial charge in [-0.1, -0.05) is 0 Å². The molecule has 0 atom stereocenters. The Balaban J connectivity index is 0.000000207. The number of nitrogens with one attached hydrogen (secondary N) is 1. The number of aryl methyl sites for hydroxylation is 4. The smallest absolute Gasteiger partial charge is 0.338 e. The molecule has 0 aliphatic carbocycles. The van der Waals surface area contributed by atoms with Crippen LogP contribution in [0.4, 0.5) is 20.2 Å². The number of fused-ring (bicyclic) bond motifs is 1. The highest BCUT2D eigenvalue weighted by molar-refractivity contribution is 5.94. The minimum Gasteiger partial charge on any atom is -0.465 e. The van der Waals surface area contributed by atoms with Crippen LogP contribution in [-0.4, -0.2) is 66.5 Å². The number of esters is 2. The van der Waals surface area contributed by atoms with Crippen LogP contribution >= 0.6 is 0 Å². The second-order valence-electron chi connectivity index (χ2n) is 9.83. The van der Waals surface area contributed by atoms with Crippen LogP contribution in [0.3, 0.4) is 0 Å². The molecule has 0 aliphatic heterocycles. The predicted molar refractivity (Wildman–Crippen MR) is 162 cm³/mol. The van der Waals surface area contributed by atoms with Gasteiger partial charge in [0.05, 0.1) is 42.2 Å². The molecule has 0 fully saturated rings. The molecule has 0 saturated heterocycles. The molecule has 15 heteroatoms. The predicted octanol–water partition coefficient (Wildman–Crippen LogP) is 3.47. The monoisotopic (exact) mass is 624 g/mol. The van der Waals surface area contributed by atoms with Crippen LogP contribution in [0, 0.1) is 25.5 Å². The van der Waals surface area contributed by atoms with Gasteiger partial charge in [0, 0.05) is 51.0 Å². The van der Waals surface area contributed by atoms with Gasteiger partial charge in [-0.25, -0.2) is 33.3 Å². The van der Waals surface area contributed by atoms with E-state index in [1.165, 1.54) is 26.4 Å². The van der Waals surface area contributed by atoms with E-state index in [4.69, 9.17) is 5.73 Å². The summed E-state index contributed by atoms with van der Waals surface area (Å²) in [5.74, 6) is -0.435. The molecule has 0 aliphatic rings. The Kier molecular flexibility index (Phi) is 10.5. The van der Waals surface area contributed by atoms with Gasteiger partial charge in [-0.15, -0.1) is 0 Å². The molecule has 3 aromatic heterocycles. The normalized spacial score (nSPS) is 10.8. The molecule has 2 aromatic carbocycles. The van der Waals surface area contributed by atoms with Crippen molar-refractivity contribution in [3.8, 4) is 0 Å². The summed E-state index contributed by atoms with van der Waals surface area (Å²) in [6.45, 7) is 5.65. The number of aliphatic hydroxyl groups excluding tert-OH is 1. The van der Waals surface area contributed by atoms with E-state index in [1.807, 2.05) is 35.4 Å². The third kappa shape index (κ3) is 7.44. The molecule has 0 radical (unpaired) electrons. The third-order valence-corrected chi connectivity index (χ3v) is 7.08. The van der Waals surface area contributed by atoms with Gasteiger partial charge >= 0.3 is 11.9 Å². The first-order valence-electron chi connectivity index (χ1n) is 13.8. The molecule has 5 aromatic rings. The van der Waals surface area contributed by atoms with Gasteiger partial charge in [0.25, 0.3) is 0 Å². The Morgan fingerprint density at radius 1 is 0.889 bits per heavy atom. The molecule has 0 unspecified atom stereocenters. The number of halogens is 2. The number of carbonyl (C=O) groups excluding carboxylic acids is 2. The number of benzene rings is 2. The first kappa shape index (κ1) is 32.6. The number of nitrogen functional groups attached to an aromatic ring is 1. The van der Waals surface area contributed by atoms with E-state index in [0.717, 1.165) is 23.8 Å². The van der Waals surface area contributed by atoms with E-state index in [2.05, 4.69) is 29.7 Å². The highest BCUT2D eigenvalue weighted by Crippen LogP contribution is 2.25. The molecular weight excluding hydrogens is 590 g/mol. The number of ether oxygens (including phenoxy) is 2. The lowest BCUT2D eigenvalue weighted by Gasteiger charge is -2.12. The SMILES string of the molecule is COC(=O)c1cc(F)c(N)c(NCCn2ccnc2C)c1.COC(=O)c1cc(F)c2nc(CO)n(CCn3ccnc3C)c2c1. The van der Waals surface area contributed by atoms with Crippen molar-refractivity contribution < 1.29 is 33.0 Å². The van der Waals surface area contributed by atoms with E-state index >= 15 is 0 Å². The standard InChI is InChI=1S/C16H17FN4O3.C14H17FN4O2/c1-10-18-3-4-20(10)5-6-21-13-8-11(16(23)24-2)7-12(17)15(13)19-14(21)9-22;1-9-17-3-5-19(9)6-4-18-12-8-10(14(20)21-2)7-11(15)13(12)16/h3-4,7-8,22H,5-6,9H2,1-2H3;3,5,7-8,18H,4,6,16H2,1-2H3.